The summed E-state index contributed by atoms with van der Waals surface area (Å²) < 4.78 is 5.56. The fourth-order valence-corrected chi connectivity index (χ4v) is 1.59. The Morgan fingerprint density at radius 1 is 1.44 bits per heavy atom. The van der Waals surface area contributed by atoms with Crippen LogP contribution in [0.5, 0.6) is 0 Å². The molecule has 2 fully saturated rings. The zero-order valence-electron chi connectivity index (χ0n) is 5.60. The summed E-state index contributed by atoms with van der Waals surface area (Å²) in [5, 5.41) is 0. The quantitative estimate of drug-likeness (QED) is 0.518. The summed E-state index contributed by atoms with van der Waals surface area (Å²) in [5.74, 6) is 0. The van der Waals surface area contributed by atoms with E-state index in [4.69, 9.17) is 10.5 Å². The average Bonchev–Trinajstić information content (AvgIpc) is 2.60. The van der Waals surface area contributed by atoms with Gasteiger partial charge in [-0.1, -0.05) is 0 Å². The van der Waals surface area contributed by atoms with E-state index in [0.717, 1.165) is 13.0 Å². The molecule has 0 bridgehead atoms. The lowest BCUT2D eigenvalue weighted by Crippen LogP contribution is -2.42. The van der Waals surface area contributed by atoms with E-state index < -0.39 is 0 Å². The van der Waals surface area contributed by atoms with E-state index in [1.807, 2.05) is 0 Å². The van der Waals surface area contributed by atoms with Crippen LogP contribution in [-0.4, -0.2) is 18.2 Å². The van der Waals surface area contributed by atoms with Gasteiger partial charge in [-0.2, -0.15) is 0 Å². The zero-order valence-corrected chi connectivity index (χ0v) is 5.60. The molecule has 2 N–H and O–H groups in total. The number of nitrogens with two attached hydrogens (primary N) is 1. The molecule has 1 atom stereocenters. The third kappa shape index (κ3) is 0.775. The minimum absolute atomic E-state index is 0.165. The first-order chi connectivity index (χ1) is 4.33. The van der Waals surface area contributed by atoms with Gasteiger partial charge in [0.05, 0.1) is 5.60 Å². The first-order valence-corrected chi connectivity index (χ1v) is 3.73. The SMILES string of the molecule is N[C@@H]1CCCOC12CC2. The third-order valence-electron chi connectivity index (χ3n) is 2.47. The lowest BCUT2D eigenvalue weighted by molar-refractivity contribution is -0.0187. The predicted molar refractivity (Wildman–Crippen MR) is 35.1 cm³/mol. The molecule has 9 heavy (non-hydrogen) atoms. The third-order valence-corrected chi connectivity index (χ3v) is 2.47. The highest BCUT2D eigenvalue weighted by atomic mass is 16.5. The predicted octanol–water partition coefficient (Wildman–Crippen LogP) is 0.657. The largest absolute Gasteiger partial charge is 0.373 e. The molecule has 1 spiro atoms. The van der Waals surface area contributed by atoms with Crippen molar-refractivity contribution in [3.05, 3.63) is 0 Å². The molecule has 0 aromatic rings. The standard InChI is InChI=1S/C7H13NO/c8-6-2-1-5-9-7(6)3-4-7/h6H,1-5,8H2/t6-/m1/s1. The summed E-state index contributed by atoms with van der Waals surface area (Å²) in [5.41, 5.74) is 6.01. The molecule has 1 heterocycles. The molecule has 2 rings (SSSR count). The molecule has 0 amide bonds. The van der Waals surface area contributed by atoms with E-state index in [9.17, 15) is 0 Å². The molecule has 0 radical (unpaired) electrons. The van der Waals surface area contributed by atoms with Crippen molar-refractivity contribution in [1.82, 2.24) is 0 Å². The number of hydrogen-bond acceptors (Lipinski definition) is 2. The van der Waals surface area contributed by atoms with Crippen LogP contribution >= 0.6 is 0 Å². The van der Waals surface area contributed by atoms with Crippen LogP contribution in [0.25, 0.3) is 0 Å². The maximum absolute atomic E-state index is 5.85. The van der Waals surface area contributed by atoms with Gasteiger partial charge in [-0.05, 0) is 25.7 Å². The van der Waals surface area contributed by atoms with E-state index in [1.54, 1.807) is 0 Å². The van der Waals surface area contributed by atoms with Crippen molar-refractivity contribution >= 4 is 0 Å². The molecule has 2 nitrogen and oxygen atoms in total. The zero-order chi connectivity index (χ0) is 6.32. The van der Waals surface area contributed by atoms with Crippen LogP contribution in [-0.2, 0) is 4.74 Å². The summed E-state index contributed by atoms with van der Waals surface area (Å²) in [6, 6.07) is 0.339. The highest BCUT2D eigenvalue weighted by molar-refractivity contribution is 5.05. The summed E-state index contributed by atoms with van der Waals surface area (Å²) in [7, 11) is 0. The van der Waals surface area contributed by atoms with Gasteiger partial charge >= 0.3 is 0 Å². The lowest BCUT2D eigenvalue weighted by atomic mass is 10.0. The van der Waals surface area contributed by atoms with Crippen molar-refractivity contribution in [3.8, 4) is 0 Å². The number of ether oxygens (including phenoxy) is 1. The Balaban J connectivity index is 2.03. The number of hydrogen-bond donors (Lipinski definition) is 1. The van der Waals surface area contributed by atoms with Gasteiger partial charge in [-0.25, -0.2) is 0 Å². The van der Waals surface area contributed by atoms with Gasteiger partial charge in [-0.15, -0.1) is 0 Å². The fourth-order valence-electron chi connectivity index (χ4n) is 1.59. The summed E-state index contributed by atoms with van der Waals surface area (Å²) in [6.45, 7) is 0.938. The van der Waals surface area contributed by atoms with Crippen LogP contribution in [0.1, 0.15) is 25.7 Å². The Kier molecular flexibility index (Phi) is 1.08. The molecule has 1 aliphatic heterocycles. The second kappa shape index (κ2) is 1.70. The van der Waals surface area contributed by atoms with Crippen molar-refractivity contribution < 1.29 is 4.74 Å². The van der Waals surface area contributed by atoms with Crippen LogP contribution in [0.3, 0.4) is 0 Å². The molecule has 0 unspecified atom stereocenters. The van der Waals surface area contributed by atoms with Crippen molar-refractivity contribution in [2.24, 2.45) is 5.73 Å². The molecule has 2 aliphatic rings. The van der Waals surface area contributed by atoms with Gasteiger partial charge in [0.25, 0.3) is 0 Å². The van der Waals surface area contributed by atoms with Crippen LogP contribution in [0, 0.1) is 0 Å². The molecule has 0 aromatic carbocycles. The smallest absolute Gasteiger partial charge is 0.0834 e. The monoisotopic (exact) mass is 127 g/mol. The second-order valence-corrected chi connectivity index (χ2v) is 3.16. The van der Waals surface area contributed by atoms with E-state index in [0.29, 0.717) is 6.04 Å². The molecular weight excluding hydrogens is 114 g/mol. The van der Waals surface area contributed by atoms with Crippen molar-refractivity contribution in [2.75, 3.05) is 6.61 Å². The first-order valence-electron chi connectivity index (χ1n) is 3.73. The molecule has 52 valence electrons. The maximum Gasteiger partial charge on any atom is 0.0834 e. The topological polar surface area (TPSA) is 35.2 Å². The van der Waals surface area contributed by atoms with Crippen LogP contribution in [0.2, 0.25) is 0 Å². The summed E-state index contributed by atoms with van der Waals surface area (Å²) in [6.07, 6.45) is 4.73. The van der Waals surface area contributed by atoms with Crippen LogP contribution < -0.4 is 5.73 Å². The number of rotatable bonds is 0. The average molecular weight is 127 g/mol. The molecular formula is C7H13NO. The van der Waals surface area contributed by atoms with Gasteiger partial charge in [-0.3, -0.25) is 0 Å². The Labute approximate surface area is 55.4 Å². The molecule has 2 heteroatoms. The molecule has 0 aromatic heterocycles. The first kappa shape index (κ1) is 5.69. The van der Waals surface area contributed by atoms with Gasteiger partial charge in [0.15, 0.2) is 0 Å². The normalized spacial score (nSPS) is 39.0. The fraction of sp³-hybridized carbons (Fsp3) is 1.00. The van der Waals surface area contributed by atoms with Gasteiger partial charge in [0.1, 0.15) is 0 Å². The Morgan fingerprint density at radius 2 is 2.22 bits per heavy atom. The molecule has 1 saturated heterocycles. The second-order valence-electron chi connectivity index (χ2n) is 3.16. The highest BCUT2D eigenvalue weighted by Crippen LogP contribution is 2.45. The van der Waals surface area contributed by atoms with E-state index in [2.05, 4.69) is 0 Å². The lowest BCUT2D eigenvalue weighted by Gasteiger charge is -2.28. The van der Waals surface area contributed by atoms with Crippen LogP contribution in [0.15, 0.2) is 0 Å². The minimum atomic E-state index is 0.165. The van der Waals surface area contributed by atoms with Gasteiger partial charge in [0.2, 0.25) is 0 Å². The van der Waals surface area contributed by atoms with Crippen LogP contribution in [0.4, 0.5) is 0 Å². The van der Waals surface area contributed by atoms with E-state index >= 15 is 0 Å². The van der Waals surface area contributed by atoms with E-state index in [-0.39, 0.29) is 5.60 Å². The molecule has 1 aliphatic carbocycles. The summed E-state index contributed by atoms with van der Waals surface area (Å²) in [4.78, 5) is 0. The Bertz CT molecular complexity index is 120. The Hall–Kier alpha value is -0.0800. The van der Waals surface area contributed by atoms with Gasteiger partial charge in [0, 0.05) is 12.6 Å². The van der Waals surface area contributed by atoms with Crippen molar-refractivity contribution in [1.29, 1.82) is 0 Å². The Morgan fingerprint density at radius 3 is 2.67 bits per heavy atom. The van der Waals surface area contributed by atoms with E-state index in [1.165, 1.54) is 19.3 Å². The van der Waals surface area contributed by atoms with Crippen molar-refractivity contribution in [3.63, 3.8) is 0 Å². The minimum Gasteiger partial charge on any atom is -0.373 e. The highest BCUT2D eigenvalue weighted by Gasteiger charge is 2.50. The maximum atomic E-state index is 5.85. The van der Waals surface area contributed by atoms with Gasteiger partial charge < -0.3 is 10.5 Å². The summed E-state index contributed by atoms with van der Waals surface area (Å²) >= 11 is 0. The molecule has 1 saturated carbocycles. The van der Waals surface area contributed by atoms with Crippen molar-refractivity contribution in [2.45, 2.75) is 37.3 Å².